The van der Waals surface area contributed by atoms with E-state index in [1.54, 1.807) is 32.9 Å². The lowest BCUT2D eigenvalue weighted by molar-refractivity contribution is -0.751. The Hall–Kier alpha value is -6.29. The molecule has 2 heterocycles. The second-order valence-corrected chi connectivity index (χ2v) is 16.4. The molecule has 5 aromatic rings. The third-order valence-corrected chi connectivity index (χ3v) is 9.13. The maximum absolute atomic E-state index is 14.0. The molecule has 59 heavy (non-hydrogen) atoms. The maximum Gasteiger partial charge on any atom is 0.407 e. The maximum atomic E-state index is 14.0. The molecule has 15 nitrogen and oxygen atoms in total. The first-order valence-corrected chi connectivity index (χ1v) is 19.9. The third-order valence-electron chi connectivity index (χ3n) is 8.29. The number of aryl methyl sites for hydroxylation is 2. The summed E-state index contributed by atoms with van der Waals surface area (Å²) >= 11 is 1.06. The van der Waals surface area contributed by atoms with Crippen LogP contribution >= 0.6 is 11.3 Å². The molecule has 2 aromatic heterocycles. The Morgan fingerprint density at radius 2 is 1.56 bits per heavy atom. The van der Waals surface area contributed by atoms with Crippen LogP contribution in [0.5, 0.6) is 5.75 Å². The summed E-state index contributed by atoms with van der Waals surface area (Å²) in [6.07, 6.45) is -0.439. The summed E-state index contributed by atoms with van der Waals surface area (Å²) in [5, 5.41) is 19.4. The molecule has 0 aliphatic carbocycles. The molecule has 312 valence electrons. The van der Waals surface area contributed by atoms with E-state index in [1.165, 1.54) is 5.38 Å². The number of hydrogen-bond donors (Lipinski definition) is 2. The van der Waals surface area contributed by atoms with E-state index in [0.29, 0.717) is 41.4 Å². The number of carbonyl (C=O) groups excluding carboxylic acids is 3. The first-order chi connectivity index (χ1) is 28.0. The minimum Gasteiger partial charge on any atom is -0.489 e. The molecular formula is C43H50N5O10S+. The monoisotopic (exact) mass is 828 g/mol. The van der Waals surface area contributed by atoms with E-state index in [9.17, 15) is 24.3 Å². The van der Waals surface area contributed by atoms with Crippen LogP contribution in [-0.4, -0.2) is 74.9 Å². The highest BCUT2D eigenvalue weighted by Gasteiger charge is 2.30. The van der Waals surface area contributed by atoms with Gasteiger partial charge in [-0.25, -0.2) is 19.4 Å². The Balaban J connectivity index is 1.36. The number of benzene rings is 3. The summed E-state index contributed by atoms with van der Waals surface area (Å²) in [5.74, 6) is -2.45. The van der Waals surface area contributed by atoms with E-state index in [4.69, 9.17) is 23.8 Å². The smallest absolute Gasteiger partial charge is 0.407 e. The topological polar surface area (TPSA) is 181 Å². The Morgan fingerprint density at radius 3 is 2.17 bits per heavy atom. The molecule has 0 saturated heterocycles. The van der Waals surface area contributed by atoms with Crippen molar-refractivity contribution in [3.63, 3.8) is 0 Å². The lowest BCUT2D eigenvalue weighted by Gasteiger charge is -2.22. The zero-order valence-corrected chi connectivity index (χ0v) is 35.0. The zero-order chi connectivity index (χ0) is 42.7. The Morgan fingerprint density at radius 1 is 0.915 bits per heavy atom. The van der Waals surface area contributed by atoms with Crippen molar-refractivity contribution in [3.8, 4) is 5.75 Å². The first-order valence-electron chi connectivity index (χ1n) is 19.0. The molecule has 0 radical (unpaired) electrons. The minimum atomic E-state index is -1.53. The molecule has 0 spiro atoms. The van der Waals surface area contributed by atoms with Crippen molar-refractivity contribution in [1.29, 1.82) is 0 Å². The average Bonchev–Trinajstić information content (AvgIpc) is 3.75. The van der Waals surface area contributed by atoms with Crippen LogP contribution < -0.4 is 14.7 Å². The van der Waals surface area contributed by atoms with Crippen molar-refractivity contribution in [3.05, 3.63) is 112 Å². The normalized spacial score (nSPS) is 12.5. The van der Waals surface area contributed by atoms with Crippen LogP contribution in [0.2, 0.25) is 0 Å². The lowest BCUT2D eigenvalue weighted by atomic mass is 10.0. The van der Waals surface area contributed by atoms with Gasteiger partial charge in [0.05, 0.1) is 18.4 Å². The van der Waals surface area contributed by atoms with E-state index < -0.39 is 59.7 Å². The molecule has 1 unspecified atom stereocenters. The van der Waals surface area contributed by atoms with Crippen LogP contribution in [0.15, 0.2) is 95.6 Å². The van der Waals surface area contributed by atoms with Gasteiger partial charge < -0.3 is 34.2 Å². The number of alkyl carbamates (subject to hydrolysis) is 1. The molecule has 2 N–H and O–H groups in total. The van der Waals surface area contributed by atoms with E-state index in [-0.39, 0.29) is 12.1 Å². The molecule has 0 bridgehead atoms. The summed E-state index contributed by atoms with van der Waals surface area (Å²) in [6.45, 7) is 11.3. The van der Waals surface area contributed by atoms with E-state index in [0.717, 1.165) is 22.2 Å². The van der Waals surface area contributed by atoms with Gasteiger partial charge in [-0.2, -0.15) is 4.68 Å². The molecule has 0 aliphatic rings. The van der Waals surface area contributed by atoms with Crippen LogP contribution in [0.1, 0.15) is 75.9 Å². The van der Waals surface area contributed by atoms with Gasteiger partial charge in [0.2, 0.25) is 11.9 Å². The molecular weight excluding hydrogens is 779 g/mol. The van der Waals surface area contributed by atoms with Crippen molar-refractivity contribution in [2.24, 2.45) is 12.2 Å². The minimum absolute atomic E-state index is 0.0657. The first kappa shape index (κ1) is 43.8. The van der Waals surface area contributed by atoms with Crippen molar-refractivity contribution in [2.75, 3.05) is 13.2 Å². The fraction of sp³-hybridized carbons (Fsp3) is 0.372. The van der Waals surface area contributed by atoms with Gasteiger partial charge >= 0.3 is 24.0 Å². The van der Waals surface area contributed by atoms with Crippen molar-refractivity contribution >= 4 is 52.0 Å². The van der Waals surface area contributed by atoms with Gasteiger partial charge in [0, 0.05) is 11.9 Å². The molecule has 0 saturated carbocycles. The number of carbonyl (C=O) groups is 4. The summed E-state index contributed by atoms with van der Waals surface area (Å²) in [4.78, 5) is 60.9. The molecule has 16 heteroatoms. The van der Waals surface area contributed by atoms with E-state index in [1.807, 2.05) is 110 Å². The summed E-state index contributed by atoms with van der Waals surface area (Å²) in [6, 6.07) is 23.7. The SMILES string of the molecule is C[n+]1cc2cc(OCC(O/N=C(\C(=O)O)c3csc(CC(=O)OC(C)(C)C)n3)C(=O)OC(c3ccccc3)c3ccccc3)ccc2n1CCCNC(=O)OC(C)(C)C. The van der Waals surface area contributed by atoms with E-state index in [2.05, 4.69) is 15.5 Å². The standard InChI is InChI=1S/C43H49N5O10S/c1-42(2,3)56-36(49)24-35-45-32(27-59-35)37(39(50)51)46-58-34(40(52)55-38(28-15-10-8-11-16-28)29-17-12-9-13-18-29)26-54-31-19-20-33-30(23-31)25-47(7)48(33)22-14-21-44-41(53)57-43(4,5)6/h8-13,15-20,23,25,27,34,38H,14,21-22,24,26H2,1-7H3,(H-,44,50,51,53)/p+1/b46-37-. The number of nitrogens with zero attached hydrogens (tertiary/aromatic N) is 4. The quantitative estimate of drug-likeness (QED) is 0.0268. The van der Waals surface area contributed by atoms with Crippen LogP contribution in [0, 0.1) is 0 Å². The molecule has 0 fully saturated rings. The number of esters is 2. The number of rotatable bonds is 17. The van der Waals surface area contributed by atoms with Crippen LogP contribution in [-0.2, 0) is 53.4 Å². The number of oxime groups is 1. The summed E-state index contributed by atoms with van der Waals surface area (Å²) in [7, 11) is 1.90. The fourth-order valence-corrected chi connectivity index (χ4v) is 6.58. The number of aliphatic carboxylic acids is 1. The number of amides is 1. The van der Waals surface area contributed by atoms with Crippen LogP contribution in [0.3, 0.4) is 0 Å². The highest BCUT2D eigenvalue weighted by atomic mass is 32.1. The van der Waals surface area contributed by atoms with Gasteiger partial charge in [0.25, 0.3) is 6.10 Å². The van der Waals surface area contributed by atoms with Gasteiger partial charge in [-0.05, 0) is 77.3 Å². The predicted molar refractivity (Wildman–Crippen MR) is 219 cm³/mol. The summed E-state index contributed by atoms with van der Waals surface area (Å²) in [5.41, 5.74) is 0.358. The number of carboxylic acids is 1. The van der Waals surface area contributed by atoms with Gasteiger partial charge in [0.15, 0.2) is 13.2 Å². The van der Waals surface area contributed by atoms with Gasteiger partial charge in [0.1, 0.15) is 39.8 Å². The Bertz CT molecular complexity index is 2220. The number of fused-ring (bicyclic) bond motifs is 1. The lowest BCUT2D eigenvalue weighted by Crippen LogP contribution is -2.39. The van der Waals surface area contributed by atoms with Gasteiger partial charge in [-0.15, -0.1) is 16.0 Å². The predicted octanol–water partition coefficient (Wildman–Crippen LogP) is 6.31. The second-order valence-electron chi connectivity index (χ2n) is 15.5. The third kappa shape index (κ3) is 13.1. The number of nitrogens with one attached hydrogen (secondary N) is 1. The van der Waals surface area contributed by atoms with Crippen molar-refractivity contribution in [2.45, 2.75) is 84.3 Å². The number of aromatic nitrogens is 3. The number of ether oxygens (including phenoxy) is 4. The number of thiazole rings is 1. The number of carboxylic acid groups (broad SMARTS) is 1. The Labute approximate surface area is 346 Å². The van der Waals surface area contributed by atoms with E-state index >= 15 is 0 Å². The van der Waals surface area contributed by atoms with Gasteiger partial charge in [-0.1, -0.05) is 65.8 Å². The highest BCUT2D eigenvalue weighted by Crippen LogP contribution is 2.27. The van der Waals surface area contributed by atoms with Crippen LogP contribution in [0.4, 0.5) is 4.79 Å². The number of hydrogen-bond acceptors (Lipinski definition) is 12. The highest BCUT2D eigenvalue weighted by molar-refractivity contribution is 7.10. The van der Waals surface area contributed by atoms with Crippen LogP contribution in [0.25, 0.3) is 10.9 Å². The summed E-state index contributed by atoms with van der Waals surface area (Å²) < 4.78 is 26.8. The van der Waals surface area contributed by atoms with Crippen molar-refractivity contribution < 1.29 is 52.8 Å². The molecule has 1 amide bonds. The van der Waals surface area contributed by atoms with Crippen molar-refractivity contribution in [1.82, 2.24) is 15.0 Å². The Kier molecular flexibility index (Phi) is 14.4. The molecule has 3 aromatic carbocycles. The zero-order valence-electron chi connectivity index (χ0n) is 34.2. The molecule has 1 atom stereocenters. The second kappa shape index (κ2) is 19.4. The largest absolute Gasteiger partial charge is 0.489 e. The van der Waals surface area contributed by atoms with Gasteiger partial charge in [-0.3, -0.25) is 4.79 Å². The fourth-order valence-electron chi connectivity index (χ4n) is 5.82. The average molecular weight is 829 g/mol. The molecule has 5 rings (SSSR count). The molecule has 0 aliphatic heterocycles.